The molecule has 1 amide bonds. The molecule has 2 unspecified atom stereocenters. The quantitative estimate of drug-likeness (QED) is 0.860. The molecule has 1 saturated heterocycles. The number of nitrogens with zero attached hydrogens (tertiary/aromatic N) is 5. The van der Waals surface area contributed by atoms with Crippen LogP contribution >= 0.6 is 0 Å². The van der Waals surface area contributed by atoms with E-state index < -0.39 is 0 Å². The molecule has 3 heterocycles. The normalized spacial score (nSPS) is 22.5. The van der Waals surface area contributed by atoms with Crippen LogP contribution in [0.2, 0.25) is 0 Å². The minimum absolute atomic E-state index is 0.0399. The van der Waals surface area contributed by atoms with Crippen molar-refractivity contribution in [2.24, 2.45) is 0 Å². The van der Waals surface area contributed by atoms with Gasteiger partial charge in [-0.05, 0) is 50.5 Å². The van der Waals surface area contributed by atoms with Crippen LogP contribution in [0.5, 0.6) is 0 Å². The van der Waals surface area contributed by atoms with Crippen LogP contribution in [0.1, 0.15) is 33.1 Å². The van der Waals surface area contributed by atoms with Crippen LogP contribution in [0.25, 0.3) is 11.6 Å². The van der Waals surface area contributed by atoms with Gasteiger partial charge in [0.1, 0.15) is 6.54 Å². The highest BCUT2D eigenvalue weighted by Gasteiger charge is 2.29. The predicted molar refractivity (Wildman–Crippen MR) is 75.1 cm³/mol. The summed E-state index contributed by atoms with van der Waals surface area (Å²) >= 11 is 0. The highest BCUT2D eigenvalue weighted by Crippen LogP contribution is 2.22. The Morgan fingerprint density at radius 1 is 1.38 bits per heavy atom. The van der Waals surface area contributed by atoms with E-state index in [2.05, 4.69) is 29.3 Å². The zero-order valence-electron chi connectivity index (χ0n) is 12.3. The number of hydrogen-bond acceptors (Lipinski definition) is 5. The largest absolute Gasteiger partial charge is 0.461 e. The third-order valence-corrected chi connectivity index (χ3v) is 3.95. The van der Waals surface area contributed by atoms with Crippen LogP contribution in [0.3, 0.4) is 0 Å². The molecule has 2 aromatic heterocycles. The maximum absolute atomic E-state index is 12.5. The first-order valence-electron chi connectivity index (χ1n) is 7.28. The molecule has 1 aliphatic heterocycles. The molecule has 0 N–H and O–H groups in total. The van der Waals surface area contributed by atoms with Gasteiger partial charge in [-0.1, -0.05) is 0 Å². The summed E-state index contributed by atoms with van der Waals surface area (Å²) in [5.74, 6) is 0.985. The Balaban J connectivity index is 1.70. The second kappa shape index (κ2) is 5.67. The van der Waals surface area contributed by atoms with Crippen molar-refractivity contribution in [2.75, 3.05) is 0 Å². The van der Waals surface area contributed by atoms with Crippen LogP contribution in [-0.4, -0.2) is 43.1 Å². The molecule has 0 bridgehead atoms. The summed E-state index contributed by atoms with van der Waals surface area (Å²) in [6.07, 6.45) is 4.84. The van der Waals surface area contributed by atoms with Crippen LogP contribution in [0.15, 0.2) is 22.8 Å². The summed E-state index contributed by atoms with van der Waals surface area (Å²) in [6.45, 7) is 4.30. The number of carbonyl (C=O) groups excluding carboxylic acids is 1. The molecule has 7 nitrogen and oxygen atoms in total. The van der Waals surface area contributed by atoms with Gasteiger partial charge in [0.05, 0.1) is 6.26 Å². The maximum atomic E-state index is 12.5. The lowest BCUT2D eigenvalue weighted by molar-refractivity contribution is -0.138. The van der Waals surface area contributed by atoms with E-state index in [1.54, 1.807) is 18.4 Å². The van der Waals surface area contributed by atoms with Gasteiger partial charge in [-0.2, -0.15) is 4.80 Å². The van der Waals surface area contributed by atoms with Crippen molar-refractivity contribution >= 4 is 5.91 Å². The van der Waals surface area contributed by atoms with Crippen LogP contribution in [-0.2, 0) is 11.3 Å². The number of piperidine rings is 1. The van der Waals surface area contributed by atoms with Crippen LogP contribution in [0, 0.1) is 0 Å². The fourth-order valence-electron chi connectivity index (χ4n) is 2.93. The molecular weight excluding hydrogens is 270 g/mol. The van der Waals surface area contributed by atoms with Crippen molar-refractivity contribution in [3.05, 3.63) is 18.4 Å². The Morgan fingerprint density at radius 3 is 2.81 bits per heavy atom. The first-order valence-corrected chi connectivity index (χ1v) is 7.28. The number of furan rings is 1. The molecule has 2 atom stereocenters. The zero-order chi connectivity index (χ0) is 14.8. The van der Waals surface area contributed by atoms with E-state index in [4.69, 9.17) is 4.42 Å². The molecule has 1 aliphatic rings. The second-order valence-corrected chi connectivity index (χ2v) is 5.55. The van der Waals surface area contributed by atoms with Crippen molar-refractivity contribution in [3.63, 3.8) is 0 Å². The molecule has 0 radical (unpaired) electrons. The van der Waals surface area contributed by atoms with Gasteiger partial charge < -0.3 is 9.32 Å². The van der Waals surface area contributed by atoms with E-state index in [0.29, 0.717) is 11.6 Å². The van der Waals surface area contributed by atoms with E-state index in [1.165, 1.54) is 11.2 Å². The average Bonchev–Trinajstić information content (AvgIpc) is 3.08. The van der Waals surface area contributed by atoms with E-state index in [0.717, 1.165) is 12.8 Å². The summed E-state index contributed by atoms with van der Waals surface area (Å²) in [5, 5.41) is 12.0. The fraction of sp³-hybridized carbons (Fsp3) is 0.571. The number of hydrogen-bond donors (Lipinski definition) is 0. The summed E-state index contributed by atoms with van der Waals surface area (Å²) in [7, 11) is 0. The van der Waals surface area contributed by atoms with E-state index >= 15 is 0 Å². The minimum atomic E-state index is 0.0399. The minimum Gasteiger partial charge on any atom is -0.461 e. The number of tetrazole rings is 1. The lowest BCUT2D eigenvalue weighted by Gasteiger charge is -2.38. The number of rotatable bonds is 3. The van der Waals surface area contributed by atoms with E-state index in [9.17, 15) is 4.79 Å². The molecule has 2 aromatic rings. The number of likely N-dealkylation sites (tertiary alicyclic amines) is 1. The molecule has 0 aliphatic carbocycles. The van der Waals surface area contributed by atoms with Crippen molar-refractivity contribution in [1.82, 2.24) is 25.1 Å². The second-order valence-electron chi connectivity index (χ2n) is 5.55. The van der Waals surface area contributed by atoms with Crippen LogP contribution in [0.4, 0.5) is 0 Å². The average molecular weight is 289 g/mol. The Labute approximate surface area is 122 Å². The Kier molecular flexibility index (Phi) is 3.72. The molecule has 1 fully saturated rings. The van der Waals surface area contributed by atoms with Gasteiger partial charge in [0.25, 0.3) is 0 Å². The lowest BCUT2D eigenvalue weighted by atomic mass is 9.97. The SMILES string of the molecule is CC1CCCC(C)N1C(=O)Cn1nnc(-c2ccco2)n1. The summed E-state index contributed by atoms with van der Waals surface area (Å²) in [4.78, 5) is 15.7. The lowest BCUT2D eigenvalue weighted by Crippen LogP contribution is -2.48. The Morgan fingerprint density at radius 2 is 2.14 bits per heavy atom. The molecule has 0 aromatic carbocycles. The third-order valence-electron chi connectivity index (χ3n) is 3.95. The number of amides is 1. The monoisotopic (exact) mass is 289 g/mol. The van der Waals surface area contributed by atoms with Crippen molar-refractivity contribution in [3.8, 4) is 11.6 Å². The summed E-state index contributed by atoms with van der Waals surface area (Å²) in [6, 6.07) is 4.07. The van der Waals surface area contributed by atoms with E-state index in [1.807, 2.05) is 4.90 Å². The van der Waals surface area contributed by atoms with Gasteiger partial charge in [-0.15, -0.1) is 10.2 Å². The van der Waals surface area contributed by atoms with Gasteiger partial charge in [0.2, 0.25) is 11.7 Å². The Hall–Kier alpha value is -2.18. The van der Waals surface area contributed by atoms with Gasteiger partial charge in [-0.25, -0.2) is 0 Å². The summed E-state index contributed by atoms with van der Waals surface area (Å²) < 4.78 is 5.21. The predicted octanol–water partition coefficient (Wildman–Crippen LogP) is 1.72. The third kappa shape index (κ3) is 2.81. The molecule has 0 spiro atoms. The molecule has 0 saturated carbocycles. The van der Waals surface area contributed by atoms with Crippen molar-refractivity contribution in [1.29, 1.82) is 0 Å². The molecule has 21 heavy (non-hydrogen) atoms. The highest BCUT2D eigenvalue weighted by atomic mass is 16.3. The highest BCUT2D eigenvalue weighted by molar-refractivity contribution is 5.76. The topological polar surface area (TPSA) is 77.0 Å². The van der Waals surface area contributed by atoms with Gasteiger partial charge in [0.15, 0.2) is 5.76 Å². The van der Waals surface area contributed by atoms with Crippen LogP contribution < -0.4 is 0 Å². The summed E-state index contributed by atoms with van der Waals surface area (Å²) in [5.41, 5.74) is 0. The maximum Gasteiger partial charge on any atom is 0.246 e. The molecule has 3 rings (SSSR count). The number of aromatic nitrogens is 4. The zero-order valence-corrected chi connectivity index (χ0v) is 12.3. The molecule has 7 heteroatoms. The number of carbonyl (C=O) groups is 1. The van der Waals surface area contributed by atoms with Crippen molar-refractivity contribution < 1.29 is 9.21 Å². The smallest absolute Gasteiger partial charge is 0.246 e. The van der Waals surface area contributed by atoms with Gasteiger partial charge in [-0.3, -0.25) is 4.79 Å². The van der Waals surface area contributed by atoms with Gasteiger partial charge >= 0.3 is 0 Å². The standard InChI is InChI=1S/C14H19N5O2/c1-10-5-3-6-11(2)19(10)13(20)9-18-16-14(15-17-18)12-7-4-8-21-12/h4,7-8,10-11H,3,5-6,9H2,1-2H3. The fourth-order valence-corrected chi connectivity index (χ4v) is 2.93. The first-order chi connectivity index (χ1) is 10.1. The Bertz CT molecular complexity index is 597. The first kappa shape index (κ1) is 13.8. The molecule has 112 valence electrons. The van der Waals surface area contributed by atoms with Gasteiger partial charge in [0, 0.05) is 12.1 Å². The molecular formula is C14H19N5O2. The van der Waals surface area contributed by atoms with Crippen molar-refractivity contribution in [2.45, 2.75) is 51.7 Å². The van der Waals surface area contributed by atoms with E-state index in [-0.39, 0.29) is 24.5 Å².